The molecule has 1 aliphatic rings. The van der Waals surface area contributed by atoms with Crippen LogP contribution < -0.4 is 5.32 Å². The quantitative estimate of drug-likeness (QED) is 0.846. The van der Waals surface area contributed by atoms with Gasteiger partial charge in [0.05, 0.1) is 0 Å². The number of nitrogens with one attached hydrogen (secondary N) is 1. The molecule has 16 heavy (non-hydrogen) atoms. The van der Waals surface area contributed by atoms with Gasteiger partial charge in [-0.15, -0.1) is 0 Å². The number of anilines is 1. The average Bonchev–Trinajstić information content (AvgIpc) is 3.04. The molecule has 1 aromatic heterocycles. The zero-order valence-electron chi connectivity index (χ0n) is 10.7. The number of hydrogen-bond acceptors (Lipinski definition) is 3. The lowest BCUT2D eigenvalue weighted by molar-refractivity contribution is 0.627. The topological polar surface area (TPSA) is 37.8 Å². The highest BCUT2D eigenvalue weighted by Crippen LogP contribution is 2.39. The van der Waals surface area contributed by atoms with Gasteiger partial charge in [0, 0.05) is 24.2 Å². The Labute approximate surface area is 97.7 Å². The van der Waals surface area contributed by atoms with Gasteiger partial charge < -0.3 is 5.32 Å². The minimum Gasteiger partial charge on any atom is -0.373 e. The lowest BCUT2D eigenvalue weighted by atomic mass is 10.0. The molecule has 1 aromatic rings. The van der Waals surface area contributed by atoms with Crippen LogP contribution in [0.2, 0.25) is 0 Å². The molecule has 3 heteroatoms. The molecule has 1 heterocycles. The molecule has 88 valence electrons. The Bertz CT molecular complexity index is 381. The summed E-state index contributed by atoms with van der Waals surface area (Å²) in [5, 5.41) is 3.18. The number of aromatic nitrogens is 2. The van der Waals surface area contributed by atoms with E-state index in [1.54, 1.807) is 0 Å². The molecule has 0 spiro atoms. The van der Waals surface area contributed by atoms with Crippen LogP contribution in [0.4, 0.5) is 5.82 Å². The Morgan fingerprint density at radius 1 is 1.31 bits per heavy atom. The Morgan fingerprint density at radius 2 is 2.00 bits per heavy atom. The van der Waals surface area contributed by atoms with Gasteiger partial charge in [0.15, 0.2) is 0 Å². The fourth-order valence-corrected chi connectivity index (χ4v) is 1.94. The maximum atomic E-state index is 4.73. The highest BCUT2D eigenvalue weighted by atomic mass is 15.0. The fraction of sp³-hybridized carbons (Fsp3) is 0.692. The summed E-state index contributed by atoms with van der Waals surface area (Å²) >= 11 is 0. The predicted octanol–water partition coefficient (Wildman–Crippen LogP) is 2.90. The maximum Gasteiger partial charge on any atom is 0.134 e. The van der Waals surface area contributed by atoms with E-state index in [2.05, 4.69) is 31.1 Å². The van der Waals surface area contributed by atoms with E-state index in [0.717, 1.165) is 18.1 Å². The Kier molecular flexibility index (Phi) is 3.13. The van der Waals surface area contributed by atoms with E-state index in [-0.39, 0.29) is 0 Å². The SMILES string of the molecule is CNc1nc(C2CC2)nc(CC(C)C)c1C. The molecule has 1 fully saturated rings. The van der Waals surface area contributed by atoms with Crippen LogP contribution in [0.1, 0.15) is 49.7 Å². The van der Waals surface area contributed by atoms with Crippen molar-refractivity contribution < 1.29 is 0 Å². The second kappa shape index (κ2) is 4.40. The molecule has 0 aromatic carbocycles. The first-order valence-corrected chi connectivity index (χ1v) is 6.17. The van der Waals surface area contributed by atoms with Crippen molar-refractivity contribution in [2.45, 2.75) is 46.0 Å². The van der Waals surface area contributed by atoms with Gasteiger partial charge in [-0.05, 0) is 32.1 Å². The lowest BCUT2D eigenvalue weighted by Crippen LogP contribution is -2.09. The summed E-state index contributed by atoms with van der Waals surface area (Å²) in [6.45, 7) is 6.58. The first-order valence-electron chi connectivity index (χ1n) is 6.17. The van der Waals surface area contributed by atoms with E-state index in [9.17, 15) is 0 Å². The molecule has 2 rings (SSSR count). The van der Waals surface area contributed by atoms with Crippen molar-refractivity contribution in [3.8, 4) is 0 Å². The van der Waals surface area contributed by atoms with E-state index in [4.69, 9.17) is 4.98 Å². The zero-order valence-corrected chi connectivity index (χ0v) is 10.7. The third kappa shape index (κ3) is 2.34. The van der Waals surface area contributed by atoms with Crippen molar-refractivity contribution in [3.63, 3.8) is 0 Å². The van der Waals surface area contributed by atoms with E-state index in [0.29, 0.717) is 11.8 Å². The van der Waals surface area contributed by atoms with Crippen LogP contribution in [0.25, 0.3) is 0 Å². The molecule has 0 unspecified atom stereocenters. The summed E-state index contributed by atoms with van der Waals surface area (Å²) < 4.78 is 0. The van der Waals surface area contributed by atoms with Gasteiger partial charge in [-0.1, -0.05) is 13.8 Å². The summed E-state index contributed by atoms with van der Waals surface area (Å²) in [7, 11) is 1.94. The molecule has 0 saturated heterocycles. The minimum absolute atomic E-state index is 0.624. The first-order chi connectivity index (χ1) is 7.61. The Hall–Kier alpha value is -1.12. The van der Waals surface area contributed by atoms with Gasteiger partial charge in [-0.3, -0.25) is 0 Å². The average molecular weight is 219 g/mol. The van der Waals surface area contributed by atoms with E-state index in [1.807, 2.05) is 7.05 Å². The van der Waals surface area contributed by atoms with Crippen molar-refractivity contribution in [3.05, 3.63) is 17.1 Å². The summed E-state index contributed by atoms with van der Waals surface area (Å²) in [5.41, 5.74) is 2.43. The van der Waals surface area contributed by atoms with Crippen molar-refractivity contribution in [2.24, 2.45) is 5.92 Å². The summed E-state index contributed by atoms with van der Waals surface area (Å²) in [6.07, 6.45) is 3.56. The maximum absolute atomic E-state index is 4.73. The highest BCUT2D eigenvalue weighted by molar-refractivity contribution is 5.46. The molecule has 0 bridgehead atoms. The molecule has 3 nitrogen and oxygen atoms in total. The Balaban J connectivity index is 2.36. The fourth-order valence-electron chi connectivity index (χ4n) is 1.94. The smallest absolute Gasteiger partial charge is 0.134 e. The standard InChI is InChI=1S/C13H21N3/c1-8(2)7-11-9(3)12(14-4)16-13(15-11)10-5-6-10/h8,10H,5-7H2,1-4H3,(H,14,15,16). The molecule has 1 N–H and O–H groups in total. The van der Waals surface area contributed by atoms with E-state index < -0.39 is 0 Å². The van der Waals surface area contributed by atoms with Gasteiger partial charge in [-0.25, -0.2) is 9.97 Å². The summed E-state index contributed by atoms with van der Waals surface area (Å²) in [6, 6.07) is 0. The largest absolute Gasteiger partial charge is 0.373 e. The van der Waals surface area contributed by atoms with Gasteiger partial charge in [0.25, 0.3) is 0 Å². The van der Waals surface area contributed by atoms with Gasteiger partial charge in [0.2, 0.25) is 0 Å². The molecule has 1 aliphatic carbocycles. The van der Waals surface area contributed by atoms with Crippen molar-refractivity contribution in [2.75, 3.05) is 12.4 Å². The lowest BCUT2D eigenvalue weighted by Gasteiger charge is -2.13. The van der Waals surface area contributed by atoms with Gasteiger partial charge in [0.1, 0.15) is 11.6 Å². The molecule has 1 saturated carbocycles. The molecule has 0 atom stereocenters. The van der Waals surface area contributed by atoms with Gasteiger partial charge in [-0.2, -0.15) is 0 Å². The van der Waals surface area contributed by atoms with Crippen molar-refractivity contribution in [1.29, 1.82) is 0 Å². The van der Waals surface area contributed by atoms with Crippen LogP contribution >= 0.6 is 0 Å². The van der Waals surface area contributed by atoms with Crippen molar-refractivity contribution in [1.82, 2.24) is 9.97 Å². The molecule has 0 amide bonds. The number of hydrogen-bond donors (Lipinski definition) is 1. The number of rotatable bonds is 4. The minimum atomic E-state index is 0.624. The second-order valence-corrected chi connectivity index (χ2v) is 5.12. The number of nitrogens with zero attached hydrogens (tertiary/aromatic N) is 2. The van der Waals surface area contributed by atoms with Crippen LogP contribution in [0.5, 0.6) is 0 Å². The van der Waals surface area contributed by atoms with Crippen molar-refractivity contribution >= 4 is 5.82 Å². The third-order valence-electron chi connectivity index (χ3n) is 3.04. The third-order valence-corrected chi connectivity index (χ3v) is 3.04. The van der Waals surface area contributed by atoms with Crippen LogP contribution in [-0.2, 0) is 6.42 Å². The molecule has 0 radical (unpaired) electrons. The van der Waals surface area contributed by atoms with Crippen LogP contribution in [0, 0.1) is 12.8 Å². The molecular weight excluding hydrogens is 198 g/mol. The molecule has 0 aliphatic heterocycles. The summed E-state index contributed by atoms with van der Waals surface area (Å²) in [5.74, 6) is 3.32. The van der Waals surface area contributed by atoms with Crippen LogP contribution in [-0.4, -0.2) is 17.0 Å². The predicted molar refractivity (Wildman–Crippen MR) is 66.8 cm³/mol. The summed E-state index contributed by atoms with van der Waals surface area (Å²) in [4.78, 5) is 9.33. The molecular formula is C13H21N3. The van der Waals surface area contributed by atoms with E-state index in [1.165, 1.54) is 24.1 Å². The van der Waals surface area contributed by atoms with E-state index >= 15 is 0 Å². The zero-order chi connectivity index (χ0) is 11.7. The highest BCUT2D eigenvalue weighted by Gasteiger charge is 2.28. The first kappa shape index (κ1) is 11.4. The normalized spacial score (nSPS) is 15.6. The van der Waals surface area contributed by atoms with Crippen LogP contribution in [0.15, 0.2) is 0 Å². The monoisotopic (exact) mass is 219 g/mol. The Morgan fingerprint density at radius 3 is 2.50 bits per heavy atom. The van der Waals surface area contributed by atoms with Gasteiger partial charge >= 0.3 is 0 Å². The van der Waals surface area contributed by atoms with Crippen LogP contribution in [0.3, 0.4) is 0 Å². The second-order valence-electron chi connectivity index (χ2n) is 5.12.